The molecule has 5 rings (SSSR count). The van der Waals surface area contributed by atoms with Crippen LogP contribution >= 0.6 is 11.3 Å². The Bertz CT molecular complexity index is 1420. The van der Waals surface area contributed by atoms with Gasteiger partial charge in [-0.1, -0.05) is 36.4 Å². The first-order valence-electron chi connectivity index (χ1n) is 11.1. The molecule has 0 bridgehead atoms. The number of carbonyl (C=O) groups is 2. The van der Waals surface area contributed by atoms with Gasteiger partial charge in [0, 0.05) is 29.8 Å². The number of hydrogen-bond donors (Lipinski definition) is 1. The van der Waals surface area contributed by atoms with Gasteiger partial charge in [0.2, 0.25) is 5.91 Å². The normalized spacial score (nSPS) is 14.3. The van der Waals surface area contributed by atoms with Crippen LogP contribution in [0.2, 0.25) is 0 Å². The second kappa shape index (κ2) is 9.18. The molecular weight excluding hydrogens is 450 g/mol. The van der Waals surface area contributed by atoms with Gasteiger partial charge in [-0.2, -0.15) is 9.78 Å². The number of anilines is 1. The zero-order chi connectivity index (χ0) is 23.7. The molecule has 0 aliphatic carbocycles. The van der Waals surface area contributed by atoms with Crippen molar-refractivity contribution in [3.05, 3.63) is 81.7 Å². The lowest BCUT2D eigenvalue weighted by Gasteiger charge is -2.31. The zero-order valence-electron chi connectivity index (χ0n) is 18.6. The largest absolute Gasteiger partial charge is 0.337 e. The van der Waals surface area contributed by atoms with Gasteiger partial charge in [0.1, 0.15) is 0 Å². The summed E-state index contributed by atoms with van der Waals surface area (Å²) >= 11 is 1.40. The van der Waals surface area contributed by atoms with Gasteiger partial charge in [0.05, 0.1) is 16.8 Å². The van der Waals surface area contributed by atoms with Crippen molar-refractivity contribution >= 4 is 39.1 Å². The molecule has 0 saturated carbocycles. The number of fused-ring (bicyclic) bond motifs is 1. The van der Waals surface area contributed by atoms with E-state index >= 15 is 0 Å². The fourth-order valence-electron chi connectivity index (χ4n) is 4.21. The number of rotatable bonds is 4. The van der Waals surface area contributed by atoms with Crippen molar-refractivity contribution in [1.82, 2.24) is 19.7 Å². The summed E-state index contributed by atoms with van der Waals surface area (Å²) in [5, 5.41) is 10.8. The maximum absolute atomic E-state index is 13.5. The Morgan fingerprint density at radius 2 is 1.68 bits per heavy atom. The van der Waals surface area contributed by atoms with Crippen LogP contribution in [-0.2, 0) is 4.79 Å². The summed E-state index contributed by atoms with van der Waals surface area (Å²) in [5.74, 6) is -0.492. The Kier molecular flexibility index (Phi) is 5.93. The molecule has 1 N–H and O–H groups in total. The third-order valence-corrected chi connectivity index (χ3v) is 6.89. The highest BCUT2D eigenvalue weighted by atomic mass is 32.1. The second-order valence-electron chi connectivity index (χ2n) is 8.30. The van der Waals surface area contributed by atoms with Crippen molar-refractivity contribution in [2.45, 2.75) is 19.8 Å². The van der Waals surface area contributed by atoms with Gasteiger partial charge in [-0.15, -0.1) is 11.3 Å². The van der Waals surface area contributed by atoms with Gasteiger partial charge in [-0.05, 0) is 38.0 Å². The van der Waals surface area contributed by atoms with Crippen LogP contribution in [-0.4, -0.2) is 44.6 Å². The van der Waals surface area contributed by atoms with Crippen molar-refractivity contribution in [3.63, 3.8) is 0 Å². The van der Waals surface area contributed by atoms with E-state index in [1.165, 1.54) is 16.0 Å². The molecule has 2 amide bonds. The molecule has 8 nitrogen and oxygen atoms in total. The summed E-state index contributed by atoms with van der Waals surface area (Å²) in [6, 6.07) is 16.1. The molecular formula is C25H23N5O3S. The molecule has 172 valence electrons. The number of nitrogens with zero attached hydrogens (tertiary/aromatic N) is 4. The van der Waals surface area contributed by atoms with Gasteiger partial charge in [0.25, 0.3) is 11.5 Å². The summed E-state index contributed by atoms with van der Waals surface area (Å²) in [6.45, 7) is 2.76. The van der Waals surface area contributed by atoms with Gasteiger partial charge in [-0.3, -0.25) is 14.4 Å². The summed E-state index contributed by atoms with van der Waals surface area (Å²) in [7, 11) is 0. The summed E-state index contributed by atoms with van der Waals surface area (Å²) < 4.78 is 1.28. The van der Waals surface area contributed by atoms with Crippen molar-refractivity contribution in [3.8, 4) is 5.69 Å². The number of hydrogen-bond acceptors (Lipinski definition) is 6. The van der Waals surface area contributed by atoms with Crippen LogP contribution in [0.15, 0.2) is 64.8 Å². The lowest BCUT2D eigenvalue weighted by atomic mass is 9.95. The quantitative estimate of drug-likeness (QED) is 0.488. The molecule has 1 aliphatic heterocycles. The first kappa shape index (κ1) is 22.0. The van der Waals surface area contributed by atoms with Crippen molar-refractivity contribution < 1.29 is 9.59 Å². The number of nitrogens with one attached hydrogen (secondary N) is 1. The number of benzene rings is 2. The van der Waals surface area contributed by atoms with Crippen LogP contribution in [0.1, 0.15) is 29.0 Å². The fraction of sp³-hybridized carbons (Fsp3) is 0.240. The van der Waals surface area contributed by atoms with E-state index in [4.69, 9.17) is 0 Å². The number of piperidine rings is 1. The lowest BCUT2D eigenvalue weighted by molar-refractivity contribution is -0.121. The Morgan fingerprint density at radius 3 is 2.35 bits per heavy atom. The van der Waals surface area contributed by atoms with Gasteiger partial charge < -0.3 is 10.2 Å². The first-order valence-corrected chi connectivity index (χ1v) is 12.0. The van der Waals surface area contributed by atoms with Crippen LogP contribution in [0, 0.1) is 12.8 Å². The molecule has 9 heteroatoms. The minimum Gasteiger partial charge on any atom is -0.337 e. The monoisotopic (exact) mass is 473 g/mol. The molecule has 1 saturated heterocycles. The molecule has 34 heavy (non-hydrogen) atoms. The summed E-state index contributed by atoms with van der Waals surface area (Å²) in [6.07, 6.45) is 1.11. The second-order valence-corrected chi connectivity index (χ2v) is 9.15. The van der Waals surface area contributed by atoms with Gasteiger partial charge >= 0.3 is 0 Å². The van der Waals surface area contributed by atoms with Crippen LogP contribution in [0.4, 0.5) is 5.13 Å². The van der Waals surface area contributed by atoms with Crippen LogP contribution in [0.25, 0.3) is 16.5 Å². The zero-order valence-corrected chi connectivity index (χ0v) is 19.4. The Hall–Kier alpha value is -3.85. The van der Waals surface area contributed by atoms with E-state index in [9.17, 15) is 14.4 Å². The summed E-state index contributed by atoms with van der Waals surface area (Å²) in [5.41, 5.74) is 1.43. The highest BCUT2D eigenvalue weighted by Gasteiger charge is 2.30. The number of thiazole rings is 1. The lowest BCUT2D eigenvalue weighted by Crippen LogP contribution is -2.42. The average Bonchev–Trinajstić information content (AvgIpc) is 3.29. The number of para-hydroxylation sites is 1. The molecule has 3 heterocycles. The molecule has 1 aliphatic rings. The van der Waals surface area contributed by atoms with Gasteiger partial charge in [-0.25, -0.2) is 4.98 Å². The third kappa shape index (κ3) is 4.22. The minimum absolute atomic E-state index is 0.0670. The number of carbonyl (C=O) groups excluding carboxylic acids is 2. The highest BCUT2D eigenvalue weighted by molar-refractivity contribution is 7.13. The molecule has 0 radical (unpaired) electrons. The van der Waals surface area contributed by atoms with E-state index in [1.807, 2.05) is 30.5 Å². The summed E-state index contributed by atoms with van der Waals surface area (Å²) in [4.78, 5) is 45.2. The highest BCUT2D eigenvalue weighted by Crippen LogP contribution is 2.24. The Labute approximate surface area is 199 Å². The van der Waals surface area contributed by atoms with Crippen LogP contribution in [0.5, 0.6) is 0 Å². The van der Waals surface area contributed by atoms with E-state index in [0.29, 0.717) is 47.5 Å². The van der Waals surface area contributed by atoms with Crippen molar-refractivity contribution in [2.24, 2.45) is 5.92 Å². The molecule has 0 atom stereocenters. The number of aryl methyl sites for hydroxylation is 1. The molecule has 1 fully saturated rings. The van der Waals surface area contributed by atoms with E-state index in [1.54, 1.807) is 41.3 Å². The smallest absolute Gasteiger partial charge is 0.279 e. The minimum atomic E-state index is -0.272. The average molecular weight is 474 g/mol. The predicted octanol–water partition coefficient (Wildman–Crippen LogP) is 3.64. The Morgan fingerprint density at radius 1 is 1.00 bits per heavy atom. The maximum Gasteiger partial charge on any atom is 0.279 e. The number of aromatic nitrogens is 3. The molecule has 2 aromatic heterocycles. The molecule has 0 spiro atoms. The SMILES string of the molecule is Cc1csc(NC(=O)C2CCN(C(=O)c3nn(-c4ccccc4)c(=O)c4ccccc34)CC2)n1. The standard InChI is InChI=1S/C25H23N5O3S/c1-16-15-34-25(26-16)27-22(31)17-11-13-29(14-12-17)24(33)21-19-9-5-6-10-20(19)23(32)30(28-21)18-7-3-2-4-8-18/h2-10,15,17H,11-14H2,1H3,(H,26,27,31). The van der Waals surface area contributed by atoms with E-state index in [2.05, 4.69) is 15.4 Å². The van der Waals surface area contributed by atoms with E-state index < -0.39 is 0 Å². The van der Waals surface area contributed by atoms with Crippen LogP contribution in [0.3, 0.4) is 0 Å². The molecule has 4 aromatic rings. The maximum atomic E-state index is 13.5. The van der Waals surface area contributed by atoms with Crippen molar-refractivity contribution in [2.75, 3.05) is 18.4 Å². The van der Waals surface area contributed by atoms with E-state index in [0.717, 1.165) is 5.69 Å². The van der Waals surface area contributed by atoms with Gasteiger partial charge in [0.15, 0.2) is 10.8 Å². The topological polar surface area (TPSA) is 97.2 Å². The number of likely N-dealkylation sites (tertiary alicyclic amines) is 1. The predicted molar refractivity (Wildman–Crippen MR) is 131 cm³/mol. The third-order valence-electron chi connectivity index (χ3n) is 6.01. The van der Waals surface area contributed by atoms with Crippen LogP contribution < -0.4 is 10.9 Å². The number of amides is 2. The fourth-order valence-corrected chi connectivity index (χ4v) is 4.90. The molecule has 2 aromatic carbocycles. The van der Waals surface area contributed by atoms with Crippen molar-refractivity contribution in [1.29, 1.82) is 0 Å². The van der Waals surface area contributed by atoms with E-state index in [-0.39, 0.29) is 29.0 Å². The Balaban J connectivity index is 1.38. The molecule has 0 unspecified atom stereocenters. The first-order chi connectivity index (χ1) is 16.5.